The molecule has 0 atom stereocenters. The number of benzene rings is 5. The van der Waals surface area contributed by atoms with Gasteiger partial charge in [-0.1, -0.05) is 0 Å². The van der Waals surface area contributed by atoms with E-state index in [2.05, 4.69) is 174 Å². The van der Waals surface area contributed by atoms with Gasteiger partial charge in [-0.3, -0.25) is 0 Å². The second kappa shape index (κ2) is 15.9. The predicted octanol–water partition coefficient (Wildman–Crippen LogP) is 13.7. The Kier molecular flexibility index (Phi) is 12.0. The van der Waals surface area contributed by atoms with Crippen molar-refractivity contribution in [1.29, 1.82) is 0 Å². The topological polar surface area (TPSA) is 24.7 Å². The molecule has 264 valence electrons. The zero-order valence-electron chi connectivity index (χ0n) is 33.8. The summed E-state index contributed by atoms with van der Waals surface area (Å²) < 4.78 is 2.96. The van der Waals surface area contributed by atoms with E-state index in [1.807, 2.05) is 0 Å². The van der Waals surface area contributed by atoms with E-state index < -0.39 is 16.2 Å². The maximum atomic E-state index is 5.17. The van der Waals surface area contributed by atoms with E-state index in [9.17, 15) is 0 Å². The monoisotopic (exact) mass is 732 g/mol. The van der Waals surface area contributed by atoms with E-state index in [-0.39, 0.29) is 0 Å². The van der Waals surface area contributed by atoms with Crippen molar-refractivity contribution < 1.29 is 0 Å². The first-order valence-corrected chi connectivity index (χ1v) is 24.0. The van der Waals surface area contributed by atoms with E-state index in [0.29, 0.717) is 23.7 Å². The fourth-order valence-electron chi connectivity index (χ4n) is 8.24. The fourth-order valence-corrected chi connectivity index (χ4v) is 14.4. The van der Waals surface area contributed by atoms with Gasteiger partial charge in [-0.05, 0) is 0 Å². The summed E-state index contributed by atoms with van der Waals surface area (Å²) in [6.45, 7) is 29.7. The van der Waals surface area contributed by atoms with Crippen molar-refractivity contribution in [3.63, 3.8) is 0 Å². The van der Waals surface area contributed by atoms with Gasteiger partial charge in [-0.15, -0.1) is 0 Å². The van der Waals surface area contributed by atoms with Crippen molar-refractivity contribution in [3.05, 3.63) is 129 Å². The Morgan fingerprint density at radius 2 is 0.784 bits per heavy atom. The van der Waals surface area contributed by atoms with Gasteiger partial charge in [0.05, 0.1) is 0 Å². The van der Waals surface area contributed by atoms with Crippen LogP contribution >= 0.6 is 0 Å². The van der Waals surface area contributed by atoms with Crippen LogP contribution in [0.15, 0.2) is 89.1 Å². The van der Waals surface area contributed by atoms with Gasteiger partial charge < -0.3 is 0 Å². The molecule has 0 N–H and O–H groups in total. The molecule has 0 saturated carbocycles. The van der Waals surface area contributed by atoms with Crippen molar-refractivity contribution in [2.24, 2.45) is 10.2 Å². The number of rotatable bonds is 10. The van der Waals surface area contributed by atoms with Gasteiger partial charge in [0.2, 0.25) is 0 Å². The quantitative estimate of drug-likeness (QED) is 0.101. The van der Waals surface area contributed by atoms with Crippen molar-refractivity contribution in [1.82, 2.24) is 0 Å². The van der Waals surface area contributed by atoms with Gasteiger partial charge in [-0.25, -0.2) is 0 Å². The summed E-state index contributed by atoms with van der Waals surface area (Å²) in [4.78, 5) is 0. The number of aryl methyl sites for hydroxylation is 5. The molecule has 5 aromatic rings. The molecular weight excluding hydrogens is 674 g/mol. The molecule has 0 unspecified atom stereocenters. The van der Waals surface area contributed by atoms with Crippen LogP contribution in [0.5, 0.6) is 0 Å². The summed E-state index contributed by atoms with van der Waals surface area (Å²) in [5, 5.41) is 10.2. The fraction of sp³-hybridized carbons (Fsp3) is 0.375. The predicted molar refractivity (Wildman–Crippen MR) is 225 cm³/mol. The zero-order valence-corrected chi connectivity index (χ0v) is 36.2. The van der Waals surface area contributed by atoms with Crippen molar-refractivity contribution in [2.75, 3.05) is 0 Å². The number of nitrogens with zero attached hydrogens (tertiary/aromatic N) is 2. The van der Waals surface area contributed by atoms with Crippen LogP contribution in [0.1, 0.15) is 129 Å². The molecule has 0 aliphatic rings. The van der Waals surface area contributed by atoms with E-state index in [4.69, 9.17) is 10.2 Å². The normalized spacial score (nSPS) is 12.0. The molecule has 0 amide bonds. The Morgan fingerprint density at radius 1 is 0.451 bits per heavy atom. The van der Waals surface area contributed by atoms with Crippen LogP contribution in [0.2, 0.25) is 5.48 Å². The molecule has 3 heteroatoms. The molecule has 5 aromatic carbocycles. The Labute approximate surface area is 314 Å². The average molecular weight is 734 g/mol. The molecule has 0 heterocycles. The molecule has 0 aromatic heterocycles. The first-order valence-electron chi connectivity index (χ1n) is 19.1. The molecule has 0 aliphatic heterocycles. The van der Waals surface area contributed by atoms with Crippen LogP contribution in [-0.2, 0) is 0 Å². The first kappa shape index (κ1) is 38.6. The summed E-state index contributed by atoms with van der Waals surface area (Å²) in [6, 6.07) is 30.3. The average Bonchev–Trinajstić information content (AvgIpc) is 3.06. The molecule has 0 radical (unpaired) electrons. The van der Waals surface area contributed by atoms with Crippen LogP contribution in [0, 0.1) is 34.6 Å². The Morgan fingerprint density at radius 3 is 1.18 bits per heavy atom. The molecule has 0 saturated heterocycles. The van der Waals surface area contributed by atoms with Crippen molar-refractivity contribution in [2.45, 2.75) is 119 Å². The Hall–Kier alpha value is -3.66. The van der Waals surface area contributed by atoms with Gasteiger partial charge in [0.15, 0.2) is 0 Å². The minimum absolute atomic E-state index is 0.402. The second-order valence-corrected chi connectivity index (χ2v) is 21.7. The van der Waals surface area contributed by atoms with E-state index in [1.165, 1.54) is 76.4 Å². The van der Waals surface area contributed by atoms with E-state index >= 15 is 0 Å². The van der Waals surface area contributed by atoms with Crippen LogP contribution in [0.4, 0.5) is 11.4 Å². The molecule has 0 spiro atoms. The van der Waals surface area contributed by atoms with Crippen LogP contribution in [0.3, 0.4) is 0 Å². The third-order valence-electron chi connectivity index (χ3n) is 10.6. The third-order valence-corrected chi connectivity index (χ3v) is 16.7. The molecule has 2 nitrogen and oxygen atoms in total. The molecule has 0 fully saturated rings. The van der Waals surface area contributed by atoms with Gasteiger partial charge in [-0.2, -0.15) is 0 Å². The minimum atomic E-state index is -2.65. The number of hydrogen-bond donors (Lipinski definition) is 0. The molecule has 51 heavy (non-hydrogen) atoms. The molecule has 0 bridgehead atoms. The maximum absolute atomic E-state index is 5.17. The number of hydrogen-bond acceptors (Lipinski definition) is 2. The van der Waals surface area contributed by atoms with Crippen molar-refractivity contribution >= 4 is 35.8 Å². The first-order chi connectivity index (χ1) is 24.1. The molecule has 5 rings (SSSR count). The van der Waals surface area contributed by atoms with Crippen LogP contribution < -0.4 is 8.24 Å². The van der Waals surface area contributed by atoms with Gasteiger partial charge in [0.25, 0.3) is 0 Å². The summed E-state index contributed by atoms with van der Waals surface area (Å²) in [6.07, 6.45) is 0. The Balaban J connectivity index is 1.92. The Bertz CT molecular complexity index is 1920. The summed E-state index contributed by atoms with van der Waals surface area (Å²) >= 11 is -2.65. The standard InChI is InChI=1S/C30H37.C17H19N2.CH3.Ga/c1-19(2)25-14-10-15-26(20(3)4)29(25)23-12-9-13-24(18-23)30-27(21(5)6)16-11-17-28(30)22(7)8;1-11-6-7-16(13(3)8-11)18-19-17-14(4)9-12(2)10-15(17)5;;/h9-17,19-22H,1-8H3;6,8-10H,1-5H3;1H3;. The summed E-state index contributed by atoms with van der Waals surface area (Å²) in [5.74, 6) is 1.61. The van der Waals surface area contributed by atoms with Gasteiger partial charge in [0.1, 0.15) is 0 Å². The van der Waals surface area contributed by atoms with E-state index in [0.717, 1.165) is 11.4 Å². The van der Waals surface area contributed by atoms with Crippen LogP contribution in [0.25, 0.3) is 22.3 Å². The van der Waals surface area contributed by atoms with Crippen molar-refractivity contribution in [3.8, 4) is 22.3 Å². The van der Waals surface area contributed by atoms with Gasteiger partial charge >= 0.3 is 316 Å². The van der Waals surface area contributed by atoms with E-state index in [1.54, 1.807) is 4.12 Å². The number of azo groups is 1. The summed E-state index contributed by atoms with van der Waals surface area (Å²) in [7, 11) is 0. The molecule has 0 aliphatic carbocycles. The zero-order chi connectivity index (χ0) is 37.3. The third kappa shape index (κ3) is 7.91. The SMILES string of the molecule is Cc1cc(C)c(N=Nc2c(C)cc(C)c[c]2[Ga]([CH3])[c]2c(-c3c(C(C)C)cccc3C(C)C)cccc2-c2c(C(C)C)cccc2C(C)C)c(C)c1. The van der Waals surface area contributed by atoms with Gasteiger partial charge in [0, 0.05) is 0 Å². The van der Waals surface area contributed by atoms with Crippen LogP contribution in [-0.4, -0.2) is 16.2 Å². The second-order valence-electron chi connectivity index (χ2n) is 16.2. The molecular formula is C48H59GaN2. The summed E-state index contributed by atoms with van der Waals surface area (Å²) in [5.41, 5.74) is 22.1.